The Morgan fingerprint density at radius 1 is 1.35 bits per heavy atom. The van der Waals surface area contributed by atoms with E-state index in [1.165, 1.54) is 17.2 Å². The Bertz CT molecular complexity index is 968. The molecule has 1 unspecified atom stereocenters. The van der Waals surface area contributed by atoms with Crippen LogP contribution in [0.4, 0.5) is 11.6 Å². The minimum absolute atomic E-state index is 0.176. The number of nitrogens with one attached hydrogen (secondary N) is 1. The number of thiophene rings is 1. The molecule has 1 aliphatic rings. The first kappa shape index (κ1) is 16.5. The van der Waals surface area contributed by atoms with Crippen LogP contribution in [0.1, 0.15) is 12.8 Å². The van der Waals surface area contributed by atoms with E-state index in [2.05, 4.69) is 20.4 Å². The molecule has 0 bridgehead atoms. The molecule has 3 aromatic rings. The summed E-state index contributed by atoms with van der Waals surface area (Å²) in [5.74, 6) is -0.0571. The number of carbonyl (C=O) groups is 2. The van der Waals surface area contributed by atoms with E-state index >= 15 is 0 Å². The van der Waals surface area contributed by atoms with Gasteiger partial charge in [-0.3, -0.25) is 14.3 Å². The molecule has 134 valence electrons. The van der Waals surface area contributed by atoms with Gasteiger partial charge in [-0.25, -0.2) is 9.97 Å². The molecule has 1 atom stereocenters. The predicted molar refractivity (Wildman–Crippen MR) is 96.3 cm³/mol. The molecule has 0 saturated carbocycles. The number of aliphatic carboxylic acids is 1. The molecular weight excluding hydrogens is 356 g/mol. The van der Waals surface area contributed by atoms with E-state index in [0.29, 0.717) is 5.82 Å². The Balaban J connectivity index is 1.53. The van der Waals surface area contributed by atoms with E-state index in [9.17, 15) is 9.59 Å². The van der Waals surface area contributed by atoms with Gasteiger partial charge in [-0.2, -0.15) is 5.10 Å². The highest BCUT2D eigenvalue weighted by Crippen LogP contribution is 2.32. The number of rotatable bonds is 5. The van der Waals surface area contributed by atoms with E-state index in [4.69, 9.17) is 5.11 Å². The standard InChI is InChI=1S/C16H16N6O3S/c23-13(24)8-21-6-3-12(20-21)19-15(25)11-2-1-5-22(11)14-10-4-7-26-16(10)18-9-17-14/h3-4,6-7,9,11H,1-2,5,8H2,(H,23,24)(H,19,20,25). The minimum atomic E-state index is -0.989. The summed E-state index contributed by atoms with van der Waals surface area (Å²) < 4.78 is 1.27. The lowest BCUT2D eigenvalue weighted by molar-refractivity contribution is -0.137. The van der Waals surface area contributed by atoms with Gasteiger partial charge in [0.15, 0.2) is 5.82 Å². The third-order valence-corrected chi connectivity index (χ3v) is 5.08. The summed E-state index contributed by atoms with van der Waals surface area (Å²) >= 11 is 1.54. The molecule has 0 radical (unpaired) electrons. The largest absolute Gasteiger partial charge is 0.480 e. The van der Waals surface area contributed by atoms with Crippen molar-refractivity contribution in [1.82, 2.24) is 19.7 Å². The molecule has 3 aromatic heterocycles. The van der Waals surface area contributed by atoms with Crippen molar-refractivity contribution in [3.05, 3.63) is 30.0 Å². The van der Waals surface area contributed by atoms with E-state index in [0.717, 1.165) is 35.4 Å². The second-order valence-corrected chi connectivity index (χ2v) is 6.86. The molecule has 1 saturated heterocycles. The van der Waals surface area contributed by atoms with Crippen LogP contribution < -0.4 is 10.2 Å². The van der Waals surface area contributed by atoms with Gasteiger partial charge in [0.05, 0.1) is 5.39 Å². The molecule has 26 heavy (non-hydrogen) atoms. The molecule has 0 aromatic carbocycles. The van der Waals surface area contributed by atoms with Crippen LogP contribution >= 0.6 is 11.3 Å². The van der Waals surface area contributed by atoms with Crippen LogP contribution in [0.5, 0.6) is 0 Å². The van der Waals surface area contributed by atoms with Gasteiger partial charge in [-0.15, -0.1) is 11.3 Å². The highest BCUT2D eigenvalue weighted by Gasteiger charge is 2.33. The number of amides is 1. The molecule has 0 aliphatic carbocycles. The fourth-order valence-electron chi connectivity index (χ4n) is 3.16. The van der Waals surface area contributed by atoms with Gasteiger partial charge in [-0.1, -0.05) is 0 Å². The fourth-order valence-corrected chi connectivity index (χ4v) is 3.89. The fraction of sp³-hybridized carbons (Fsp3) is 0.312. The number of aromatic nitrogens is 4. The topological polar surface area (TPSA) is 113 Å². The number of carboxylic acids is 1. The van der Waals surface area contributed by atoms with Crippen molar-refractivity contribution in [3.63, 3.8) is 0 Å². The first-order chi connectivity index (χ1) is 12.6. The number of hydrogen-bond donors (Lipinski definition) is 2. The highest BCUT2D eigenvalue weighted by atomic mass is 32.1. The number of nitrogens with zero attached hydrogens (tertiary/aromatic N) is 5. The molecule has 10 heteroatoms. The summed E-state index contributed by atoms with van der Waals surface area (Å²) in [4.78, 5) is 35.0. The van der Waals surface area contributed by atoms with Crippen molar-refractivity contribution in [2.75, 3.05) is 16.8 Å². The molecule has 9 nitrogen and oxygen atoms in total. The maximum atomic E-state index is 12.7. The van der Waals surface area contributed by atoms with Gasteiger partial charge >= 0.3 is 5.97 Å². The number of carbonyl (C=O) groups excluding carboxylic acids is 1. The first-order valence-corrected chi connectivity index (χ1v) is 9.01. The molecule has 1 fully saturated rings. The summed E-state index contributed by atoms with van der Waals surface area (Å²) in [6, 6.07) is 3.20. The molecule has 0 spiro atoms. The van der Waals surface area contributed by atoms with Crippen molar-refractivity contribution < 1.29 is 14.7 Å². The van der Waals surface area contributed by atoms with Gasteiger partial charge in [0.25, 0.3) is 0 Å². The van der Waals surface area contributed by atoms with Crippen LogP contribution in [0.3, 0.4) is 0 Å². The lowest BCUT2D eigenvalue weighted by Crippen LogP contribution is -2.40. The summed E-state index contributed by atoms with van der Waals surface area (Å²) in [5.41, 5.74) is 0. The lowest BCUT2D eigenvalue weighted by atomic mass is 10.2. The second-order valence-electron chi connectivity index (χ2n) is 5.97. The lowest BCUT2D eigenvalue weighted by Gasteiger charge is -2.25. The zero-order chi connectivity index (χ0) is 18.1. The van der Waals surface area contributed by atoms with Crippen molar-refractivity contribution in [2.45, 2.75) is 25.4 Å². The van der Waals surface area contributed by atoms with Crippen LogP contribution in [0.15, 0.2) is 30.0 Å². The van der Waals surface area contributed by atoms with Crippen LogP contribution in [0.25, 0.3) is 10.2 Å². The number of anilines is 2. The van der Waals surface area contributed by atoms with Crippen molar-refractivity contribution >= 4 is 45.1 Å². The van der Waals surface area contributed by atoms with E-state index < -0.39 is 5.97 Å². The summed E-state index contributed by atoms with van der Waals surface area (Å²) in [5, 5.41) is 18.5. The Hall–Kier alpha value is -3.01. The average molecular weight is 372 g/mol. The molecule has 4 heterocycles. The summed E-state index contributed by atoms with van der Waals surface area (Å²) in [7, 11) is 0. The van der Waals surface area contributed by atoms with E-state index in [-0.39, 0.29) is 18.5 Å². The van der Waals surface area contributed by atoms with Gasteiger partial charge in [0, 0.05) is 18.8 Å². The Kier molecular flexibility index (Phi) is 4.25. The zero-order valence-corrected chi connectivity index (χ0v) is 14.5. The average Bonchev–Trinajstić information content (AvgIpc) is 3.34. The third kappa shape index (κ3) is 3.10. The van der Waals surface area contributed by atoms with Crippen LogP contribution in [-0.2, 0) is 16.1 Å². The minimum Gasteiger partial charge on any atom is -0.480 e. The third-order valence-electron chi connectivity index (χ3n) is 4.26. The monoisotopic (exact) mass is 372 g/mol. The smallest absolute Gasteiger partial charge is 0.325 e. The van der Waals surface area contributed by atoms with Gasteiger partial charge in [0.1, 0.15) is 29.6 Å². The maximum absolute atomic E-state index is 12.7. The van der Waals surface area contributed by atoms with Gasteiger partial charge in [0.2, 0.25) is 5.91 Å². The van der Waals surface area contributed by atoms with Gasteiger partial charge in [-0.05, 0) is 24.3 Å². The van der Waals surface area contributed by atoms with Crippen LogP contribution in [0.2, 0.25) is 0 Å². The highest BCUT2D eigenvalue weighted by molar-refractivity contribution is 7.16. The Morgan fingerprint density at radius 2 is 2.23 bits per heavy atom. The van der Waals surface area contributed by atoms with Crippen LogP contribution in [0, 0.1) is 0 Å². The quantitative estimate of drug-likeness (QED) is 0.699. The molecular formula is C16H16N6O3S. The SMILES string of the molecule is O=C(O)Cn1ccc(NC(=O)C2CCCN2c2ncnc3sccc23)n1. The predicted octanol–water partition coefficient (Wildman–Crippen LogP) is 1.58. The summed E-state index contributed by atoms with van der Waals surface area (Å²) in [6.07, 6.45) is 4.66. The van der Waals surface area contributed by atoms with E-state index in [1.54, 1.807) is 17.4 Å². The van der Waals surface area contributed by atoms with E-state index in [1.807, 2.05) is 16.3 Å². The maximum Gasteiger partial charge on any atom is 0.325 e. The Morgan fingerprint density at radius 3 is 3.08 bits per heavy atom. The molecule has 1 aliphatic heterocycles. The number of hydrogen-bond acceptors (Lipinski definition) is 7. The second kappa shape index (κ2) is 6.71. The van der Waals surface area contributed by atoms with Crippen molar-refractivity contribution in [1.29, 1.82) is 0 Å². The van der Waals surface area contributed by atoms with Gasteiger partial charge < -0.3 is 15.3 Å². The molecule has 4 rings (SSSR count). The molecule has 1 amide bonds. The Labute approximate surface area is 152 Å². The normalized spacial score (nSPS) is 16.9. The first-order valence-electron chi connectivity index (χ1n) is 8.13. The zero-order valence-electron chi connectivity index (χ0n) is 13.7. The summed E-state index contributed by atoms with van der Waals surface area (Å²) in [6.45, 7) is 0.496. The van der Waals surface area contributed by atoms with Crippen molar-refractivity contribution in [2.24, 2.45) is 0 Å². The molecule has 2 N–H and O–H groups in total. The van der Waals surface area contributed by atoms with Crippen LogP contribution in [-0.4, -0.2) is 49.3 Å². The number of fused-ring (bicyclic) bond motifs is 1. The number of carboxylic acid groups (broad SMARTS) is 1. The van der Waals surface area contributed by atoms with Crippen molar-refractivity contribution in [3.8, 4) is 0 Å².